The molecular weight excluding hydrogens is 376 g/mol. The second-order valence-electron chi connectivity index (χ2n) is 8.79. The van der Waals surface area contributed by atoms with Crippen LogP contribution in [0, 0.1) is 12.7 Å². The molecule has 0 radical (unpaired) electrons. The summed E-state index contributed by atoms with van der Waals surface area (Å²) in [4.78, 5) is 0. The summed E-state index contributed by atoms with van der Waals surface area (Å²) in [5.41, 5.74) is 6.04. The van der Waals surface area contributed by atoms with Gasteiger partial charge < -0.3 is 5.32 Å². The molecule has 0 heterocycles. The number of nitrogens with one attached hydrogen (secondary N) is 1. The van der Waals surface area contributed by atoms with Gasteiger partial charge in [-0.3, -0.25) is 0 Å². The summed E-state index contributed by atoms with van der Waals surface area (Å²) in [6.45, 7) is 17.3. The fourth-order valence-corrected chi connectivity index (χ4v) is 3.72. The molecule has 1 N–H and O–H groups in total. The van der Waals surface area contributed by atoms with E-state index in [0.29, 0.717) is 6.42 Å². The average molecular weight is 412 g/mol. The van der Waals surface area contributed by atoms with Crippen LogP contribution in [0.3, 0.4) is 0 Å². The van der Waals surface area contributed by atoms with E-state index in [0.717, 1.165) is 42.6 Å². The van der Waals surface area contributed by atoms with Gasteiger partial charge in [-0.05, 0) is 75.3 Å². The number of aryl methyl sites for hydroxylation is 2. The Balaban J connectivity index is 2.24. The SMILES string of the molecule is C=C(C)CCc1ccc(C)c(NC(=C)Cc2ccc(C(C)(C)F)c(F)c2)c1CCC. The lowest BCUT2D eigenvalue weighted by Crippen LogP contribution is -2.12. The number of hydrogen-bond donors (Lipinski definition) is 1. The topological polar surface area (TPSA) is 12.0 Å². The van der Waals surface area contributed by atoms with Crippen LogP contribution in [-0.2, 0) is 24.9 Å². The molecule has 0 aliphatic rings. The van der Waals surface area contributed by atoms with Crippen LogP contribution in [0.1, 0.15) is 68.4 Å². The number of benzene rings is 2. The van der Waals surface area contributed by atoms with Crippen molar-refractivity contribution in [1.29, 1.82) is 0 Å². The molecule has 162 valence electrons. The van der Waals surface area contributed by atoms with Crippen LogP contribution in [0.15, 0.2) is 54.8 Å². The number of halogens is 2. The van der Waals surface area contributed by atoms with Gasteiger partial charge in [0.25, 0.3) is 0 Å². The smallest absolute Gasteiger partial charge is 0.133 e. The highest BCUT2D eigenvalue weighted by Crippen LogP contribution is 2.30. The van der Waals surface area contributed by atoms with Gasteiger partial charge in [0, 0.05) is 23.4 Å². The van der Waals surface area contributed by atoms with E-state index in [9.17, 15) is 8.78 Å². The lowest BCUT2D eigenvalue weighted by Gasteiger charge is -2.20. The molecule has 0 aromatic heterocycles. The van der Waals surface area contributed by atoms with Gasteiger partial charge in [0.15, 0.2) is 0 Å². The summed E-state index contributed by atoms with van der Waals surface area (Å²) in [5, 5.41) is 3.49. The molecule has 2 aromatic rings. The summed E-state index contributed by atoms with van der Waals surface area (Å²) >= 11 is 0. The van der Waals surface area contributed by atoms with Crippen molar-refractivity contribution in [3.05, 3.63) is 88.4 Å². The van der Waals surface area contributed by atoms with Gasteiger partial charge in [-0.15, -0.1) is 6.58 Å². The van der Waals surface area contributed by atoms with Crippen LogP contribution >= 0.6 is 0 Å². The highest BCUT2D eigenvalue weighted by Gasteiger charge is 2.23. The number of alkyl halides is 1. The normalized spacial score (nSPS) is 11.4. The van der Waals surface area contributed by atoms with Crippen LogP contribution in [0.25, 0.3) is 0 Å². The predicted molar refractivity (Wildman–Crippen MR) is 125 cm³/mol. The Bertz CT molecular complexity index is 919. The fourth-order valence-electron chi connectivity index (χ4n) is 3.72. The number of anilines is 1. The van der Waals surface area contributed by atoms with Crippen LogP contribution < -0.4 is 5.32 Å². The third kappa shape index (κ3) is 6.29. The van der Waals surface area contributed by atoms with E-state index in [-0.39, 0.29) is 5.56 Å². The number of rotatable bonds is 10. The zero-order valence-electron chi connectivity index (χ0n) is 19.1. The van der Waals surface area contributed by atoms with Gasteiger partial charge in [0.1, 0.15) is 11.5 Å². The largest absolute Gasteiger partial charge is 0.359 e. The number of allylic oxidation sites excluding steroid dienone is 2. The van der Waals surface area contributed by atoms with Crippen molar-refractivity contribution in [2.45, 2.75) is 72.4 Å². The number of hydrogen-bond acceptors (Lipinski definition) is 1. The molecule has 0 spiro atoms. The zero-order valence-corrected chi connectivity index (χ0v) is 19.1. The molecule has 3 heteroatoms. The minimum Gasteiger partial charge on any atom is -0.359 e. The molecule has 0 saturated carbocycles. The first-order chi connectivity index (χ1) is 14.0. The van der Waals surface area contributed by atoms with Crippen molar-refractivity contribution in [2.75, 3.05) is 5.32 Å². The molecule has 0 aliphatic heterocycles. The lowest BCUT2D eigenvalue weighted by molar-refractivity contribution is 0.214. The van der Waals surface area contributed by atoms with Crippen molar-refractivity contribution in [3.8, 4) is 0 Å². The molecule has 0 bridgehead atoms. The van der Waals surface area contributed by atoms with Gasteiger partial charge >= 0.3 is 0 Å². The monoisotopic (exact) mass is 411 g/mol. The van der Waals surface area contributed by atoms with Crippen LogP contribution in [-0.4, -0.2) is 0 Å². The van der Waals surface area contributed by atoms with Crippen molar-refractivity contribution >= 4 is 5.69 Å². The van der Waals surface area contributed by atoms with Gasteiger partial charge in [-0.1, -0.05) is 49.8 Å². The second-order valence-corrected chi connectivity index (χ2v) is 8.79. The van der Waals surface area contributed by atoms with Gasteiger partial charge in [0.2, 0.25) is 0 Å². The van der Waals surface area contributed by atoms with Crippen LogP contribution in [0.4, 0.5) is 14.5 Å². The minimum atomic E-state index is -1.70. The standard InChI is InChI=1S/C27H35F2N/c1-8-9-23-22(13-10-18(2)3)14-11-19(4)26(23)30-20(5)16-21-12-15-24(25(28)17-21)27(6,7)29/h11-12,14-15,17,30H,2,5,8-10,13,16H2,1,3-4,6-7H3. The molecule has 0 fully saturated rings. The summed E-state index contributed by atoms with van der Waals surface area (Å²) < 4.78 is 28.5. The molecule has 2 aromatic carbocycles. The van der Waals surface area contributed by atoms with E-state index < -0.39 is 11.5 Å². The van der Waals surface area contributed by atoms with E-state index in [1.54, 1.807) is 6.07 Å². The fraction of sp³-hybridized carbons (Fsp3) is 0.407. The van der Waals surface area contributed by atoms with E-state index in [2.05, 4.69) is 51.4 Å². The van der Waals surface area contributed by atoms with Crippen molar-refractivity contribution in [1.82, 2.24) is 0 Å². The predicted octanol–water partition coefficient (Wildman–Crippen LogP) is 7.97. The Kier molecular flexibility index (Phi) is 8.00. The summed E-state index contributed by atoms with van der Waals surface area (Å²) in [6.07, 6.45) is 4.45. The van der Waals surface area contributed by atoms with E-state index in [1.807, 2.05) is 0 Å². The van der Waals surface area contributed by atoms with Crippen LogP contribution in [0.2, 0.25) is 0 Å². The molecular formula is C27H35F2N. The Morgan fingerprint density at radius 2 is 1.80 bits per heavy atom. The minimum absolute atomic E-state index is 0.0797. The summed E-state index contributed by atoms with van der Waals surface area (Å²) in [7, 11) is 0. The first kappa shape index (κ1) is 23.9. The van der Waals surface area contributed by atoms with E-state index in [4.69, 9.17) is 0 Å². The first-order valence-corrected chi connectivity index (χ1v) is 10.7. The van der Waals surface area contributed by atoms with Crippen molar-refractivity contribution in [3.63, 3.8) is 0 Å². The molecule has 0 saturated heterocycles. The Hall–Kier alpha value is -2.42. The maximum atomic E-state index is 14.4. The molecule has 0 aliphatic carbocycles. The van der Waals surface area contributed by atoms with Crippen LogP contribution in [0.5, 0.6) is 0 Å². The maximum absolute atomic E-state index is 14.4. The third-order valence-corrected chi connectivity index (χ3v) is 5.33. The molecule has 1 nitrogen and oxygen atoms in total. The highest BCUT2D eigenvalue weighted by molar-refractivity contribution is 5.63. The van der Waals surface area contributed by atoms with Crippen molar-refractivity contribution in [2.24, 2.45) is 0 Å². The Morgan fingerprint density at radius 1 is 1.10 bits per heavy atom. The average Bonchev–Trinajstić information content (AvgIpc) is 2.63. The van der Waals surface area contributed by atoms with Gasteiger partial charge in [-0.2, -0.15) is 0 Å². The zero-order chi connectivity index (χ0) is 22.5. The Labute approximate surface area is 180 Å². The molecule has 0 amide bonds. The molecule has 0 atom stereocenters. The van der Waals surface area contributed by atoms with E-state index in [1.165, 1.54) is 48.2 Å². The maximum Gasteiger partial charge on any atom is 0.133 e. The van der Waals surface area contributed by atoms with Gasteiger partial charge in [0.05, 0.1) is 0 Å². The summed E-state index contributed by atoms with van der Waals surface area (Å²) in [6, 6.07) is 9.07. The molecule has 2 rings (SSSR count). The Morgan fingerprint density at radius 3 is 2.37 bits per heavy atom. The molecule has 0 unspecified atom stereocenters. The quantitative estimate of drug-likeness (QED) is 0.391. The van der Waals surface area contributed by atoms with Gasteiger partial charge in [-0.25, -0.2) is 8.78 Å². The van der Waals surface area contributed by atoms with E-state index >= 15 is 0 Å². The third-order valence-electron chi connectivity index (χ3n) is 5.33. The first-order valence-electron chi connectivity index (χ1n) is 10.7. The van der Waals surface area contributed by atoms with Crippen molar-refractivity contribution < 1.29 is 8.78 Å². The summed E-state index contributed by atoms with van der Waals surface area (Å²) in [5.74, 6) is -0.516. The second kappa shape index (κ2) is 10.1. The highest BCUT2D eigenvalue weighted by atomic mass is 19.1. The molecule has 30 heavy (non-hydrogen) atoms. The lowest BCUT2D eigenvalue weighted by atomic mass is 9.93.